The summed E-state index contributed by atoms with van der Waals surface area (Å²) >= 11 is 0. The number of aromatic nitrogens is 1. The summed E-state index contributed by atoms with van der Waals surface area (Å²) < 4.78 is 63.6. The summed E-state index contributed by atoms with van der Waals surface area (Å²) in [5.41, 5.74) is -1.84. The Morgan fingerprint density at radius 2 is 1.60 bits per heavy atom. The molecular formula is C13H6F5NO. The zero-order valence-electron chi connectivity index (χ0n) is 9.71. The molecule has 0 N–H and O–H groups in total. The maximum atomic E-state index is 13.1. The van der Waals surface area contributed by atoms with Crippen LogP contribution in [0.3, 0.4) is 0 Å². The minimum Gasteiger partial charge on any atom is -0.298 e. The topological polar surface area (TPSA) is 30.0 Å². The molecule has 0 radical (unpaired) electrons. The van der Waals surface area contributed by atoms with E-state index in [-0.39, 0.29) is 17.5 Å². The van der Waals surface area contributed by atoms with E-state index in [1.807, 2.05) is 0 Å². The van der Waals surface area contributed by atoms with Gasteiger partial charge in [0.25, 0.3) is 0 Å². The first kappa shape index (κ1) is 14.1. The average molecular weight is 287 g/mol. The van der Waals surface area contributed by atoms with E-state index in [0.717, 1.165) is 12.1 Å². The van der Waals surface area contributed by atoms with Gasteiger partial charge in [0, 0.05) is 23.4 Å². The van der Waals surface area contributed by atoms with Crippen LogP contribution in [0, 0.1) is 11.6 Å². The second kappa shape index (κ2) is 4.99. The minimum atomic E-state index is -4.66. The number of carbonyl (C=O) groups is 1. The van der Waals surface area contributed by atoms with Crippen LogP contribution in [0.5, 0.6) is 0 Å². The lowest BCUT2D eigenvalue weighted by Crippen LogP contribution is -2.07. The van der Waals surface area contributed by atoms with Crippen LogP contribution in [0.2, 0.25) is 0 Å². The van der Waals surface area contributed by atoms with Crippen molar-refractivity contribution in [2.45, 2.75) is 6.18 Å². The summed E-state index contributed by atoms with van der Waals surface area (Å²) in [6.45, 7) is 0. The van der Waals surface area contributed by atoms with E-state index in [2.05, 4.69) is 4.98 Å². The monoisotopic (exact) mass is 287 g/mol. The first-order valence-electron chi connectivity index (χ1n) is 5.30. The smallest absolute Gasteiger partial charge is 0.298 e. The van der Waals surface area contributed by atoms with E-state index in [9.17, 15) is 26.7 Å². The lowest BCUT2D eigenvalue weighted by atomic mass is 10.0. The van der Waals surface area contributed by atoms with Crippen molar-refractivity contribution in [2.24, 2.45) is 0 Å². The fourth-order valence-corrected chi connectivity index (χ4v) is 1.66. The molecule has 0 aliphatic heterocycles. The lowest BCUT2D eigenvalue weighted by Gasteiger charge is -2.10. The van der Waals surface area contributed by atoms with Crippen molar-refractivity contribution in [2.75, 3.05) is 0 Å². The Balaban J connectivity index is 2.60. The summed E-state index contributed by atoms with van der Waals surface area (Å²) in [4.78, 5) is 14.3. The number of aldehydes is 1. The molecule has 0 spiro atoms. The van der Waals surface area contributed by atoms with Crippen molar-refractivity contribution in [3.8, 4) is 11.3 Å². The van der Waals surface area contributed by atoms with Gasteiger partial charge in [-0.15, -0.1) is 0 Å². The molecule has 2 aromatic rings. The third-order valence-corrected chi connectivity index (χ3v) is 2.51. The zero-order chi connectivity index (χ0) is 14.9. The number of hydrogen-bond acceptors (Lipinski definition) is 2. The number of halogens is 5. The van der Waals surface area contributed by atoms with Crippen LogP contribution in [0.1, 0.15) is 15.9 Å². The molecule has 20 heavy (non-hydrogen) atoms. The summed E-state index contributed by atoms with van der Waals surface area (Å²) in [7, 11) is 0. The molecule has 0 saturated carbocycles. The number of rotatable bonds is 2. The predicted octanol–water partition coefficient (Wildman–Crippen LogP) is 3.86. The van der Waals surface area contributed by atoms with Crippen LogP contribution in [0.25, 0.3) is 11.3 Å². The Morgan fingerprint density at radius 3 is 2.10 bits per heavy atom. The third kappa shape index (κ3) is 2.81. The highest BCUT2D eigenvalue weighted by atomic mass is 19.4. The minimum absolute atomic E-state index is 0.113. The maximum Gasteiger partial charge on any atom is 0.417 e. The van der Waals surface area contributed by atoms with Crippen molar-refractivity contribution in [3.05, 3.63) is 53.2 Å². The van der Waals surface area contributed by atoms with Gasteiger partial charge < -0.3 is 0 Å². The quantitative estimate of drug-likeness (QED) is 0.620. The van der Waals surface area contributed by atoms with E-state index in [1.54, 1.807) is 0 Å². The van der Waals surface area contributed by atoms with Gasteiger partial charge in [-0.2, -0.15) is 13.2 Å². The highest BCUT2D eigenvalue weighted by Gasteiger charge is 2.31. The molecular weight excluding hydrogens is 281 g/mol. The van der Waals surface area contributed by atoms with Gasteiger partial charge in [0.05, 0.1) is 11.3 Å². The van der Waals surface area contributed by atoms with Gasteiger partial charge in [0.1, 0.15) is 11.6 Å². The molecule has 2 nitrogen and oxygen atoms in total. The molecule has 1 aromatic heterocycles. The fourth-order valence-electron chi connectivity index (χ4n) is 1.66. The Bertz CT molecular complexity index is 646. The van der Waals surface area contributed by atoms with Gasteiger partial charge in [-0.3, -0.25) is 9.78 Å². The fraction of sp³-hybridized carbons (Fsp3) is 0.0769. The van der Waals surface area contributed by atoms with E-state index < -0.39 is 28.9 Å². The third-order valence-electron chi connectivity index (χ3n) is 2.51. The standard InChI is InChI=1S/C13H6F5NO/c14-10-2-7(3-11(15)4-10)12-8(6-20)1-9(5-19-12)13(16,17)18/h1-6H. The van der Waals surface area contributed by atoms with Crippen LogP contribution >= 0.6 is 0 Å². The summed E-state index contributed by atoms with van der Waals surface area (Å²) in [6.07, 6.45) is -4.00. The lowest BCUT2D eigenvalue weighted by molar-refractivity contribution is -0.137. The first-order valence-corrected chi connectivity index (χ1v) is 5.30. The van der Waals surface area contributed by atoms with Crippen LogP contribution in [-0.4, -0.2) is 11.3 Å². The molecule has 104 valence electrons. The summed E-state index contributed by atoms with van der Waals surface area (Å²) in [5, 5.41) is 0. The van der Waals surface area contributed by atoms with E-state index in [4.69, 9.17) is 0 Å². The van der Waals surface area contributed by atoms with Crippen LogP contribution in [0.4, 0.5) is 22.0 Å². The van der Waals surface area contributed by atoms with Crippen LogP contribution < -0.4 is 0 Å². The number of benzene rings is 1. The maximum absolute atomic E-state index is 13.1. The van der Waals surface area contributed by atoms with Crippen molar-refractivity contribution < 1.29 is 26.7 Å². The van der Waals surface area contributed by atoms with E-state index in [1.165, 1.54) is 0 Å². The first-order chi connectivity index (χ1) is 9.31. The SMILES string of the molecule is O=Cc1cc(C(F)(F)F)cnc1-c1cc(F)cc(F)c1. The predicted molar refractivity (Wildman–Crippen MR) is 60.0 cm³/mol. The highest BCUT2D eigenvalue weighted by Crippen LogP contribution is 2.31. The Kier molecular flexibility index (Phi) is 3.52. The average Bonchev–Trinajstić information content (AvgIpc) is 2.35. The molecule has 1 aromatic carbocycles. The van der Waals surface area contributed by atoms with Gasteiger partial charge in [-0.05, 0) is 18.2 Å². The molecule has 0 aliphatic rings. The second-order valence-corrected chi connectivity index (χ2v) is 3.94. The van der Waals surface area contributed by atoms with E-state index >= 15 is 0 Å². The second-order valence-electron chi connectivity index (χ2n) is 3.94. The van der Waals surface area contributed by atoms with Gasteiger partial charge >= 0.3 is 6.18 Å². The Hall–Kier alpha value is -2.31. The largest absolute Gasteiger partial charge is 0.417 e. The van der Waals surface area contributed by atoms with Gasteiger partial charge in [0.15, 0.2) is 6.29 Å². The van der Waals surface area contributed by atoms with Crippen LogP contribution in [-0.2, 0) is 6.18 Å². The molecule has 0 bridgehead atoms. The molecule has 0 saturated heterocycles. The molecule has 0 atom stereocenters. The summed E-state index contributed by atoms with van der Waals surface area (Å²) in [6, 6.07) is 2.95. The Labute approximate surface area is 109 Å². The number of carbonyl (C=O) groups excluding carboxylic acids is 1. The molecule has 0 unspecified atom stereocenters. The number of alkyl halides is 3. The van der Waals surface area contributed by atoms with Gasteiger partial charge in [-0.25, -0.2) is 8.78 Å². The van der Waals surface area contributed by atoms with E-state index in [0.29, 0.717) is 18.3 Å². The zero-order valence-corrected chi connectivity index (χ0v) is 9.71. The van der Waals surface area contributed by atoms with Gasteiger partial charge in [-0.1, -0.05) is 0 Å². The normalized spacial score (nSPS) is 11.4. The highest BCUT2D eigenvalue weighted by molar-refractivity contribution is 5.85. The molecule has 0 aliphatic carbocycles. The molecule has 7 heteroatoms. The Morgan fingerprint density at radius 1 is 1.00 bits per heavy atom. The number of nitrogens with zero attached hydrogens (tertiary/aromatic N) is 1. The summed E-state index contributed by atoms with van der Waals surface area (Å²) in [5.74, 6) is -1.84. The van der Waals surface area contributed by atoms with Gasteiger partial charge in [0.2, 0.25) is 0 Å². The molecule has 2 rings (SSSR count). The number of pyridine rings is 1. The van der Waals surface area contributed by atoms with Crippen molar-refractivity contribution in [1.29, 1.82) is 0 Å². The molecule has 0 amide bonds. The number of hydrogen-bond donors (Lipinski definition) is 0. The van der Waals surface area contributed by atoms with Crippen molar-refractivity contribution in [1.82, 2.24) is 4.98 Å². The van der Waals surface area contributed by atoms with Crippen molar-refractivity contribution >= 4 is 6.29 Å². The van der Waals surface area contributed by atoms with Crippen LogP contribution in [0.15, 0.2) is 30.5 Å². The molecule has 0 fully saturated rings. The molecule has 1 heterocycles. The van der Waals surface area contributed by atoms with Crippen molar-refractivity contribution in [3.63, 3.8) is 0 Å².